The Morgan fingerprint density at radius 2 is 2.10 bits per heavy atom. The van der Waals surface area contributed by atoms with E-state index in [0.717, 1.165) is 36.3 Å². The van der Waals surface area contributed by atoms with Crippen molar-refractivity contribution in [3.63, 3.8) is 0 Å². The number of para-hydroxylation sites is 1. The Bertz CT molecular complexity index is 749. The molecule has 0 aliphatic rings. The molecule has 0 bridgehead atoms. The third kappa shape index (κ3) is 3.22. The quantitative estimate of drug-likeness (QED) is 0.766. The second kappa shape index (κ2) is 6.22. The van der Waals surface area contributed by atoms with Gasteiger partial charge in [-0.15, -0.1) is 11.3 Å². The zero-order valence-electron chi connectivity index (χ0n) is 12.4. The predicted molar refractivity (Wildman–Crippen MR) is 90.2 cm³/mol. The Labute approximate surface area is 129 Å². The molecule has 0 amide bonds. The van der Waals surface area contributed by atoms with Crippen LogP contribution in [0.15, 0.2) is 36.5 Å². The monoisotopic (exact) mass is 297 g/mol. The van der Waals surface area contributed by atoms with Gasteiger partial charge in [0, 0.05) is 40.8 Å². The molecule has 0 fully saturated rings. The minimum Gasteiger partial charge on any atom is -0.384 e. The van der Waals surface area contributed by atoms with E-state index in [-0.39, 0.29) is 0 Å². The second-order valence-electron chi connectivity index (χ2n) is 5.08. The molecule has 0 radical (unpaired) electrons. The SMILES string of the molecule is CCc1cnc(CCNc2cc(C)nc3ccccc23)s1. The molecule has 0 aliphatic heterocycles. The van der Waals surface area contributed by atoms with Gasteiger partial charge in [-0.25, -0.2) is 4.98 Å². The predicted octanol–water partition coefficient (Wildman–Crippen LogP) is 4.22. The fourth-order valence-electron chi connectivity index (χ4n) is 2.39. The minimum atomic E-state index is 0.893. The lowest BCUT2D eigenvalue weighted by Gasteiger charge is -2.10. The molecule has 3 rings (SSSR count). The van der Waals surface area contributed by atoms with E-state index in [1.807, 2.05) is 30.5 Å². The van der Waals surface area contributed by atoms with Gasteiger partial charge in [0.25, 0.3) is 0 Å². The highest BCUT2D eigenvalue weighted by atomic mass is 32.1. The molecule has 0 spiro atoms. The molecule has 0 saturated carbocycles. The number of hydrogen-bond donors (Lipinski definition) is 1. The average Bonchev–Trinajstić information content (AvgIpc) is 2.95. The Kier molecular flexibility index (Phi) is 4.15. The van der Waals surface area contributed by atoms with Gasteiger partial charge < -0.3 is 5.32 Å². The molecule has 2 heterocycles. The Hall–Kier alpha value is -1.94. The topological polar surface area (TPSA) is 37.8 Å². The molecule has 0 atom stereocenters. The number of aromatic nitrogens is 2. The number of anilines is 1. The molecule has 3 aromatic rings. The van der Waals surface area contributed by atoms with Crippen LogP contribution in [0.25, 0.3) is 10.9 Å². The summed E-state index contributed by atoms with van der Waals surface area (Å²) in [5.41, 5.74) is 3.24. The van der Waals surface area contributed by atoms with Crippen molar-refractivity contribution in [1.82, 2.24) is 9.97 Å². The van der Waals surface area contributed by atoms with Crippen molar-refractivity contribution in [3.8, 4) is 0 Å². The lowest BCUT2D eigenvalue weighted by molar-refractivity contribution is 0.997. The second-order valence-corrected chi connectivity index (χ2v) is 6.28. The van der Waals surface area contributed by atoms with Gasteiger partial charge in [-0.1, -0.05) is 25.1 Å². The molecule has 0 aliphatic carbocycles. The number of aryl methyl sites for hydroxylation is 2. The van der Waals surface area contributed by atoms with Gasteiger partial charge in [0.05, 0.1) is 10.5 Å². The third-order valence-electron chi connectivity index (χ3n) is 3.45. The van der Waals surface area contributed by atoms with Crippen LogP contribution in [0.4, 0.5) is 5.69 Å². The number of fused-ring (bicyclic) bond motifs is 1. The maximum absolute atomic E-state index is 4.57. The number of rotatable bonds is 5. The number of nitrogens with zero attached hydrogens (tertiary/aromatic N) is 2. The van der Waals surface area contributed by atoms with E-state index in [1.165, 1.54) is 15.3 Å². The van der Waals surface area contributed by atoms with E-state index in [2.05, 4.69) is 46.5 Å². The maximum Gasteiger partial charge on any atom is 0.0945 e. The van der Waals surface area contributed by atoms with Crippen molar-refractivity contribution in [2.75, 3.05) is 11.9 Å². The summed E-state index contributed by atoms with van der Waals surface area (Å²) in [6.45, 7) is 5.09. The van der Waals surface area contributed by atoms with Crippen LogP contribution in [0.1, 0.15) is 22.5 Å². The number of nitrogens with one attached hydrogen (secondary N) is 1. The summed E-state index contributed by atoms with van der Waals surface area (Å²) in [5.74, 6) is 0. The Balaban J connectivity index is 1.73. The highest BCUT2D eigenvalue weighted by Gasteiger charge is 2.04. The first kappa shape index (κ1) is 14.0. The van der Waals surface area contributed by atoms with Crippen molar-refractivity contribution in [3.05, 3.63) is 52.1 Å². The van der Waals surface area contributed by atoms with E-state index in [4.69, 9.17) is 0 Å². The molecule has 3 nitrogen and oxygen atoms in total. The summed E-state index contributed by atoms with van der Waals surface area (Å²) >= 11 is 1.81. The zero-order valence-corrected chi connectivity index (χ0v) is 13.2. The molecule has 0 saturated heterocycles. The first-order chi connectivity index (χ1) is 10.3. The summed E-state index contributed by atoms with van der Waals surface area (Å²) < 4.78 is 0. The van der Waals surface area contributed by atoms with Crippen molar-refractivity contribution in [2.24, 2.45) is 0 Å². The molecular weight excluding hydrogens is 278 g/mol. The van der Waals surface area contributed by atoms with Gasteiger partial charge in [-0.3, -0.25) is 4.98 Å². The highest BCUT2D eigenvalue weighted by Crippen LogP contribution is 2.23. The van der Waals surface area contributed by atoms with Crippen LogP contribution in [0.3, 0.4) is 0 Å². The van der Waals surface area contributed by atoms with Crippen molar-refractivity contribution < 1.29 is 0 Å². The Morgan fingerprint density at radius 1 is 1.24 bits per heavy atom. The number of thiazole rings is 1. The molecule has 21 heavy (non-hydrogen) atoms. The molecular formula is C17H19N3S. The van der Waals surface area contributed by atoms with Crippen molar-refractivity contribution in [2.45, 2.75) is 26.7 Å². The van der Waals surface area contributed by atoms with Gasteiger partial charge in [-0.2, -0.15) is 0 Å². The number of benzene rings is 1. The normalized spacial score (nSPS) is 11.0. The number of hydrogen-bond acceptors (Lipinski definition) is 4. The summed E-state index contributed by atoms with van der Waals surface area (Å²) in [7, 11) is 0. The van der Waals surface area contributed by atoms with Crippen molar-refractivity contribution >= 4 is 27.9 Å². The molecule has 108 valence electrons. The zero-order chi connectivity index (χ0) is 14.7. The maximum atomic E-state index is 4.57. The Morgan fingerprint density at radius 3 is 2.90 bits per heavy atom. The van der Waals surface area contributed by atoms with E-state index in [1.54, 1.807) is 0 Å². The highest BCUT2D eigenvalue weighted by molar-refractivity contribution is 7.11. The van der Waals surface area contributed by atoms with E-state index < -0.39 is 0 Å². The van der Waals surface area contributed by atoms with E-state index in [0.29, 0.717) is 0 Å². The largest absolute Gasteiger partial charge is 0.384 e. The van der Waals surface area contributed by atoms with Crippen LogP contribution in [0.2, 0.25) is 0 Å². The molecule has 1 aromatic carbocycles. The minimum absolute atomic E-state index is 0.893. The molecule has 0 unspecified atom stereocenters. The first-order valence-electron chi connectivity index (χ1n) is 7.30. The summed E-state index contributed by atoms with van der Waals surface area (Å²) in [6.07, 6.45) is 4.02. The number of pyridine rings is 1. The van der Waals surface area contributed by atoms with Gasteiger partial charge in [-0.05, 0) is 25.5 Å². The fourth-order valence-corrected chi connectivity index (χ4v) is 3.25. The summed E-state index contributed by atoms with van der Waals surface area (Å²) in [6, 6.07) is 10.4. The van der Waals surface area contributed by atoms with Gasteiger partial charge in [0.1, 0.15) is 0 Å². The van der Waals surface area contributed by atoms with Crippen LogP contribution < -0.4 is 5.32 Å². The smallest absolute Gasteiger partial charge is 0.0945 e. The molecule has 1 N–H and O–H groups in total. The summed E-state index contributed by atoms with van der Waals surface area (Å²) in [4.78, 5) is 10.4. The molecule has 2 aromatic heterocycles. The third-order valence-corrected chi connectivity index (χ3v) is 4.65. The van der Waals surface area contributed by atoms with Gasteiger partial charge in [0.2, 0.25) is 0 Å². The van der Waals surface area contributed by atoms with E-state index in [9.17, 15) is 0 Å². The molecule has 4 heteroatoms. The van der Waals surface area contributed by atoms with Gasteiger partial charge >= 0.3 is 0 Å². The average molecular weight is 297 g/mol. The van der Waals surface area contributed by atoms with Crippen molar-refractivity contribution in [1.29, 1.82) is 0 Å². The van der Waals surface area contributed by atoms with Crippen LogP contribution in [0, 0.1) is 6.92 Å². The standard InChI is InChI=1S/C17H19N3S/c1-3-13-11-19-17(21-13)8-9-18-16-10-12(2)20-15-7-5-4-6-14(15)16/h4-7,10-11H,3,8-9H2,1-2H3,(H,18,20). The fraction of sp³-hybridized carbons (Fsp3) is 0.294. The van der Waals surface area contributed by atoms with Gasteiger partial charge in [0.15, 0.2) is 0 Å². The summed E-state index contributed by atoms with van der Waals surface area (Å²) in [5, 5.41) is 5.91. The van der Waals surface area contributed by atoms with Crippen LogP contribution >= 0.6 is 11.3 Å². The lowest BCUT2D eigenvalue weighted by Crippen LogP contribution is -2.05. The first-order valence-corrected chi connectivity index (χ1v) is 8.11. The lowest BCUT2D eigenvalue weighted by atomic mass is 10.1. The van der Waals surface area contributed by atoms with E-state index >= 15 is 0 Å². The van der Waals surface area contributed by atoms with Crippen LogP contribution in [0.5, 0.6) is 0 Å². The van der Waals surface area contributed by atoms with Crippen LogP contribution in [-0.4, -0.2) is 16.5 Å². The van der Waals surface area contributed by atoms with Crippen LogP contribution in [-0.2, 0) is 12.8 Å².